The van der Waals surface area contributed by atoms with Gasteiger partial charge in [-0.25, -0.2) is 0 Å². The van der Waals surface area contributed by atoms with Crippen LogP contribution in [0.25, 0.3) is 0 Å². The van der Waals surface area contributed by atoms with E-state index in [4.69, 9.17) is 11.6 Å². The number of hydrogen-bond donors (Lipinski definition) is 1. The van der Waals surface area contributed by atoms with Gasteiger partial charge in [0.25, 0.3) is 0 Å². The fraction of sp³-hybridized carbons (Fsp3) is 0.222. The van der Waals surface area contributed by atoms with Crippen LogP contribution in [0.1, 0.15) is 29.5 Å². The minimum absolute atomic E-state index is 0.328. The standard InChI is InChI=1S/C18H15BrClN/c19-16-7-2-1-4-14(16)18-13-6-3-5-12(13)15-10-11(20)8-9-17(15)21-18/h1-5,7-10,12-13,18,21H,6H2. The number of rotatable bonds is 1. The molecule has 0 saturated heterocycles. The van der Waals surface area contributed by atoms with E-state index < -0.39 is 0 Å². The van der Waals surface area contributed by atoms with Crippen LogP contribution in [0.2, 0.25) is 5.02 Å². The summed E-state index contributed by atoms with van der Waals surface area (Å²) in [5, 5.41) is 4.54. The summed E-state index contributed by atoms with van der Waals surface area (Å²) in [6.07, 6.45) is 5.75. The largest absolute Gasteiger partial charge is 0.378 e. The predicted molar refractivity (Wildman–Crippen MR) is 91.9 cm³/mol. The monoisotopic (exact) mass is 359 g/mol. The van der Waals surface area contributed by atoms with Gasteiger partial charge in [0.05, 0.1) is 6.04 Å². The van der Waals surface area contributed by atoms with Crippen LogP contribution in [0.3, 0.4) is 0 Å². The minimum atomic E-state index is 0.328. The maximum Gasteiger partial charge on any atom is 0.0565 e. The third-order valence-corrected chi connectivity index (χ3v) is 5.52. The Morgan fingerprint density at radius 1 is 1.10 bits per heavy atom. The fourth-order valence-corrected chi connectivity index (χ4v) is 4.31. The molecule has 106 valence electrons. The van der Waals surface area contributed by atoms with Gasteiger partial charge < -0.3 is 5.32 Å². The average molecular weight is 361 g/mol. The molecule has 2 aromatic rings. The lowest BCUT2D eigenvalue weighted by atomic mass is 9.77. The van der Waals surface area contributed by atoms with E-state index in [0.29, 0.717) is 17.9 Å². The molecular weight excluding hydrogens is 346 g/mol. The number of allylic oxidation sites excluding steroid dienone is 2. The molecule has 3 heteroatoms. The molecule has 3 unspecified atom stereocenters. The molecule has 1 N–H and O–H groups in total. The summed E-state index contributed by atoms with van der Waals surface area (Å²) < 4.78 is 1.17. The molecule has 1 heterocycles. The maximum atomic E-state index is 6.19. The highest BCUT2D eigenvalue weighted by Gasteiger charge is 2.38. The Balaban J connectivity index is 1.82. The summed E-state index contributed by atoms with van der Waals surface area (Å²) in [6.45, 7) is 0. The molecule has 0 spiro atoms. The van der Waals surface area contributed by atoms with Crippen LogP contribution in [0.15, 0.2) is 59.1 Å². The third-order valence-electron chi connectivity index (χ3n) is 4.57. The average Bonchev–Trinajstić information content (AvgIpc) is 2.97. The highest BCUT2D eigenvalue weighted by molar-refractivity contribution is 9.10. The van der Waals surface area contributed by atoms with Crippen LogP contribution in [0, 0.1) is 5.92 Å². The van der Waals surface area contributed by atoms with Crippen LogP contribution in [0.5, 0.6) is 0 Å². The van der Waals surface area contributed by atoms with Crippen molar-refractivity contribution >= 4 is 33.2 Å². The SMILES string of the molecule is Clc1ccc2c(c1)C1C=CCC1C(c1ccccc1Br)N2. The van der Waals surface area contributed by atoms with Gasteiger partial charge in [-0.3, -0.25) is 0 Å². The third kappa shape index (κ3) is 2.21. The van der Waals surface area contributed by atoms with Crippen molar-refractivity contribution in [3.8, 4) is 0 Å². The minimum Gasteiger partial charge on any atom is -0.378 e. The number of benzene rings is 2. The summed E-state index contributed by atoms with van der Waals surface area (Å²) in [6, 6.07) is 15.0. The predicted octanol–water partition coefficient (Wildman–Crippen LogP) is 5.93. The number of fused-ring (bicyclic) bond motifs is 3. The zero-order chi connectivity index (χ0) is 14.4. The molecule has 3 atom stereocenters. The van der Waals surface area contributed by atoms with Gasteiger partial charge in [0.2, 0.25) is 0 Å². The van der Waals surface area contributed by atoms with Gasteiger partial charge >= 0.3 is 0 Å². The molecule has 1 aliphatic heterocycles. The van der Waals surface area contributed by atoms with Gasteiger partial charge in [-0.15, -0.1) is 0 Å². The van der Waals surface area contributed by atoms with Crippen LogP contribution >= 0.6 is 27.5 Å². The fourth-order valence-electron chi connectivity index (χ4n) is 3.60. The maximum absolute atomic E-state index is 6.19. The summed E-state index contributed by atoms with van der Waals surface area (Å²) in [5.74, 6) is 1.01. The summed E-state index contributed by atoms with van der Waals surface area (Å²) >= 11 is 9.89. The molecule has 1 aliphatic carbocycles. The van der Waals surface area contributed by atoms with Gasteiger partial charge in [-0.05, 0) is 47.7 Å². The molecule has 2 aromatic carbocycles. The van der Waals surface area contributed by atoms with Crippen molar-refractivity contribution in [2.75, 3.05) is 5.32 Å². The normalized spacial score (nSPS) is 26.1. The van der Waals surface area contributed by atoms with Crippen molar-refractivity contribution < 1.29 is 0 Å². The van der Waals surface area contributed by atoms with Crippen LogP contribution in [0.4, 0.5) is 5.69 Å². The molecule has 0 amide bonds. The molecule has 0 saturated carbocycles. The molecule has 1 nitrogen and oxygen atoms in total. The van der Waals surface area contributed by atoms with Crippen molar-refractivity contribution in [2.45, 2.75) is 18.4 Å². The Morgan fingerprint density at radius 2 is 1.95 bits per heavy atom. The Bertz CT molecular complexity index is 725. The quantitative estimate of drug-likeness (QED) is 0.622. The second kappa shape index (κ2) is 5.19. The highest BCUT2D eigenvalue weighted by Crippen LogP contribution is 2.51. The lowest BCUT2D eigenvalue weighted by molar-refractivity contribution is 0.424. The first-order chi connectivity index (χ1) is 10.2. The summed E-state index contributed by atoms with van der Waals surface area (Å²) in [5.41, 5.74) is 3.86. The molecule has 21 heavy (non-hydrogen) atoms. The second-order valence-electron chi connectivity index (χ2n) is 5.73. The van der Waals surface area contributed by atoms with Gasteiger partial charge in [0.15, 0.2) is 0 Å². The van der Waals surface area contributed by atoms with Gasteiger partial charge in [0, 0.05) is 21.1 Å². The molecule has 0 aromatic heterocycles. The Labute approximate surface area is 138 Å². The molecule has 0 bridgehead atoms. The number of hydrogen-bond acceptors (Lipinski definition) is 1. The highest BCUT2D eigenvalue weighted by atomic mass is 79.9. The zero-order valence-corrected chi connectivity index (χ0v) is 13.7. The Hall–Kier alpha value is -1.25. The Kier molecular flexibility index (Phi) is 3.31. The van der Waals surface area contributed by atoms with E-state index in [2.05, 4.69) is 69.8 Å². The number of halogens is 2. The van der Waals surface area contributed by atoms with Crippen molar-refractivity contribution in [3.05, 3.63) is 75.2 Å². The van der Waals surface area contributed by atoms with E-state index >= 15 is 0 Å². The van der Waals surface area contributed by atoms with Crippen molar-refractivity contribution in [1.29, 1.82) is 0 Å². The van der Waals surface area contributed by atoms with E-state index in [1.165, 1.54) is 21.3 Å². The van der Waals surface area contributed by atoms with Crippen molar-refractivity contribution in [2.24, 2.45) is 5.92 Å². The zero-order valence-electron chi connectivity index (χ0n) is 11.4. The van der Waals surface area contributed by atoms with Crippen LogP contribution < -0.4 is 5.32 Å². The second-order valence-corrected chi connectivity index (χ2v) is 7.02. The van der Waals surface area contributed by atoms with E-state index in [1.807, 2.05) is 6.07 Å². The first-order valence-electron chi connectivity index (χ1n) is 7.21. The van der Waals surface area contributed by atoms with Gasteiger partial charge in [-0.1, -0.05) is 57.9 Å². The van der Waals surface area contributed by atoms with E-state index in [1.54, 1.807) is 0 Å². The molecule has 2 aliphatic rings. The van der Waals surface area contributed by atoms with Gasteiger partial charge in [-0.2, -0.15) is 0 Å². The molecule has 0 fully saturated rings. The van der Waals surface area contributed by atoms with Crippen molar-refractivity contribution in [3.63, 3.8) is 0 Å². The van der Waals surface area contributed by atoms with E-state index in [-0.39, 0.29) is 0 Å². The van der Waals surface area contributed by atoms with Gasteiger partial charge in [0.1, 0.15) is 0 Å². The Morgan fingerprint density at radius 3 is 2.81 bits per heavy atom. The topological polar surface area (TPSA) is 12.0 Å². The molecular formula is C18H15BrClN. The van der Waals surface area contributed by atoms with Crippen molar-refractivity contribution in [1.82, 2.24) is 0 Å². The first kappa shape index (κ1) is 13.4. The number of anilines is 1. The summed E-state index contributed by atoms with van der Waals surface area (Å²) in [7, 11) is 0. The molecule has 4 rings (SSSR count). The van der Waals surface area contributed by atoms with Crippen LogP contribution in [-0.4, -0.2) is 0 Å². The van der Waals surface area contributed by atoms with Crippen LogP contribution in [-0.2, 0) is 0 Å². The lowest BCUT2D eigenvalue weighted by Crippen LogP contribution is -2.29. The lowest BCUT2D eigenvalue weighted by Gasteiger charge is -2.38. The number of nitrogens with one attached hydrogen (secondary N) is 1. The first-order valence-corrected chi connectivity index (χ1v) is 8.38. The smallest absolute Gasteiger partial charge is 0.0565 e. The molecule has 0 radical (unpaired) electrons. The van der Waals surface area contributed by atoms with E-state index in [0.717, 1.165) is 11.4 Å². The van der Waals surface area contributed by atoms with E-state index in [9.17, 15) is 0 Å². The summed E-state index contributed by atoms with van der Waals surface area (Å²) in [4.78, 5) is 0.